The number of aryl methyl sites for hydroxylation is 1. The molecule has 2 aromatic carbocycles. The molecule has 0 fully saturated rings. The number of halogens is 1. The maximum Gasteiger partial charge on any atom is 0.315 e. The summed E-state index contributed by atoms with van der Waals surface area (Å²) in [5.74, 6) is -0.577. The summed E-state index contributed by atoms with van der Waals surface area (Å²) in [5, 5.41) is 8.25. The standard InChI is InChI=1S/C20H24FN3O2/c1-3-6-18(19(25)23-17-8-5-4-7-14(17)2)24-20(26)22-13-15-9-11-16(21)12-10-15/h4-5,7-12,18H,3,6,13H2,1-2H3,(H,23,25)(H2,22,24,26). The highest BCUT2D eigenvalue weighted by Crippen LogP contribution is 2.14. The summed E-state index contributed by atoms with van der Waals surface area (Å²) < 4.78 is 12.9. The molecule has 0 aromatic heterocycles. The number of urea groups is 1. The second-order valence-electron chi connectivity index (χ2n) is 6.10. The molecule has 3 amide bonds. The molecule has 0 bridgehead atoms. The molecule has 0 aliphatic heterocycles. The van der Waals surface area contributed by atoms with Crippen molar-refractivity contribution in [3.8, 4) is 0 Å². The Morgan fingerprint density at radius 2 is 1.77 bits per heavy atom. The number of hydrogen-bond acceptors (Lipinski definition) is 2. The summed E-state index contributed by atoms with van der Waals surface area (Å²) in [6.45, 7) is 4.11. The van der Waals surface area contributed by atoms with Gasteiger partial charge in [0.2, 0.25) is 5.91 Å². The Hall–Kier alpha value is -2.89. The summed E-state index contributed by atoms with van der Waals surface area (Å²) in [6.07, 6.45) is 1.28. The van der Waals surface area contributed by atoms with Crippen molar-refractivity contribution in [2.75, 3.05) is 5.32 Å². The van der Waals surface area contributed by atoms with Gasteiger partial charge >= 0.3 is 6.03 Å². The van der Waals surface area contributed by atoms with Crippen LogP contribution in [-0.2, 0) is 11.3 Å². The number of rotatable bonds is 7. The number of carbonyl (C=O) groups excluding carboxylic acids is 2. The molecule has 0 spiro atoms. The molecular formula is C20H24FN3O2. The average molecular weight is 357 g/mol. The largest absolute Gasteiger partial charge is 0.334 e. The monoisotopic (exact) mass is 357 g/mol. The number of nitrogens with one attached hydrogen (secondary N) is 3. The normalized spacial score (nSPS) is 11.5. The number of hydrogen-bond donors (Lipinski definition) is 3. The first-order valence-electron chi connectivity index (χ1n) is 8.65. The molecular weight excluding hydrogens is 333 g/mol. The molecule has 1 atom stereocenters. The van der Waals surface area contributed by atoms with E-state index in [-0.39, 0.29) is 18.3 Å². The van der Waals surface area contributed by atoms with Gasteiger partial charge in [0.25, 0.3) is 0 Å². The Kier molecular flexibility index (Phi) is 7.14. The molecule has 1 unspecified atom stereocenters. The van der Waals surface area contributed by atoms with Gasteiger partial charge < -0.3 is 16.0 Å². The minimum absolute atomic E-state index is 0.252. The molecule has 26 heavy (non-hydrogen) atoms. The minimum Gasteiger partial charge on any atom is -0.334 e. The SMILES string of the molecule is CCCC(NC(=O)NCc1ccc(F)cc1)C(=O)Nc1ccccc1C. The topological polar surface area (TPSA) is 70.2 Å². The van der Waals surface area contributed by atoms with Gasteiger partial charge in [-0.05, 0) is 42.7 Å². The molecule has 0 heterocycles. The van der Waals surface area contributed by atoms with Crippen molar-refractivity contribution in [3.05, 3.63) is 65.5 Å². The molecule has 6 heteroatoms. The number of anilines is 1. The van der Waals surface area contributed by atoms with Gasteiger partial charge in [0.15, 0.2) is 0 Å². The van der Waals surface area contributed by atoms with E-state index in [9.17, 15) is 14.0 Å². The third-order valence-electron chi connectivity index (χ3n) is 3.97. The Labute approximate surface area is 153 Å². The highest BCUT2D eigenvalue weighted by Gasteiger charge is 2.20. The van der Waals surface area contributed by atoms with Gasteiger partial charge in [0.05, 0.1) is 0 Å². The van der Waals surface area contributed by atoms with Crippen molar-refractivity contribution < 1.29 is 14.0 Å². The van der Waals surface area contributed by atoms with Crippen LogP contribution in [0.5, 0.6) is 0 Å². The van der Waals surface area contributed by atoms with Crippen LogP contribution < -0.4 is 16.0 Å². The Morgan fingerprint density at radius 1 is 1.08 bits per heavy atom. The molecule has 0 aliphatic rings. The van der Waals surface area contributed by atoms with Crippen molar-refractivity contribution in [1.29, 1.82) is 0 Å². The molecule has 3 N–H and O–H groups in total. The van der Waals surface area contributed by atoms with E-state index in [4.69, 9.17) is 0 Å². The zero-order chi connectivity index (χ0) is 18.9. The van der Waals surface area contributed by atoms with E-state index in [0.717, 1.165) is 23.2 Å². The first kappa shape index (κ1) is 19.4. The molecule has 0 saturated carbocycles. The fraction of sp³-hybridized carbons (Fsp3) is 0.300. The third kappa shape index (κ3) is 5.88. The van der Waals surface area contributed by atoms with Crippen LogP contribution in [0.25, 0.3) is 0 Å². The maximum atomic E-state index is 12.9. The van der Waals surface area contributed by atoms with Gasteiger partial charge in [-0.2, -0.15) is 0 Å². The summed E-state index contributed by atoms with van der Waals surface area (Å²) in [4.78, 5) is 24.6. The van der Waals surface area contributed by atoms with Gasteiger partial charge in [-0.1, -0.05) is 43.7 Å². The van der Waals surface area contributed by atoms with Crippen LogP contribution >= 0.6 is 0 Å². The van der Waals surface area contributed by atoms with Crippen molar-refractivity contribution in [2.45, 2.75) is 39.3 Å². The van der Waals surface area contributed by atoms with Crippen LogP contribution in [0.1, 0.15) is 30.9 Å². The van der Waals surface area contributed by atoms with E-state index in [1.807, 2.05) is 38.1 Å². The summed E-state index contributed by atoms with van der Waals surface area (Å²) in [5.41, 5.74) is 2.46. The van der Waals surface area contributed by atoms with Crippen LogP contribution in [0.2, 0.25) is 0 Å². The minimum atomic E-state index is -0.632. The molecule has 2 rings (SSSR count). The third-order valence-corrected chi connectivity index (χ3v) is 3.97. The van der Waals surface area contributed by atoms with Crippen LogP contribution in [0.15, 0.2) is 48.5 Å². The number of amides is 3. The van der Waals surface area contributed by atoms with E-state index in [1.165, 1.54) is 12.1 Å². The zero-order valence-corrected chi connectivity index (χ0v) is 15.0. The predicted octanol–water partition coefficient (Wildman–Crippen LogP) is 3.74. The van der Waals surface area contributed by atoms with Gasteiger partial charge in [0, 0.05) is 12.2 Å². The summed E-state index contributed by atoms with van der Waals surface area (Å²) in [6, 6.07) is 12.3. The summed E-state index contributed by atoms with van der Waals surface area (Å²) >= 11 is 0. The lowest BCUT2D eigenvalue weighted by atomic mass is 10.1. The quantitative estimate of drug-likeness (QED) is 0.706. The lowest BCUT2D eigenvalue weighted by molar-refractivity contribution is -0.118. The highest BCUT2D eigenvalue weighted by atomic mass is 19.1. The van der Waals surface area contributed by atoms with Crippen LogP contribution in [0.4, 0.5) is 14.9 Å². The van der Waals surface area contributed by atoms with E-state index >= 15 is 0 Å². The lowest BCUT2D eigenvalue weighted by Crippen LogP contribution is -2.47. The first-order chi connectivity index (χ1) is 12.5. The highest BCUT2D eigenvalue weighted by molar-refractivity contribution is 5.97. The van der Waals surface area contributed by atoms with E-state index in [1.54, 1.807) is 12.1 Å². The average Bonchev–Trinajstić information content (AvgIpc) is 2.63. The van der Waals surface area contributed by atoms with Crippen LogP contribution in [0.3, 0.4) is 0 Å². The lowest BCUT2D eigenvalue weighted by Gasteiger charge is -2.19. The molecule has 0 saturated heterocycles. The molecule has 0 aliphatic carbocycles. The fourth-order valence-electron chi connectivity index (χ4n) is 2.48. The second kappa shape index (κ2) is 9.56. The maximum absolute atomic E-state index is 12.9. The van der Waals surface area contributed by atoms with E-state index in [2.05, 4.69) is 16.0 Å². The Balaban J connectivity index is 1.91. The number of benzene rings is 2. The van der Waals surface area contributed by atoms with Crippen molar-refractivity contribution in [2.24, 2.45) is 0 Å². The number of para-hydroxylation sites is 1. The molecule has 2 aromatic rings. The molecule has 138 valence electrons. The molecule has 0 radical (unpaired) electrons. The zero-order valence-electron chi connectivity index (χ0n) is 15.0. The van der Waals surface area contributed by atoms with Crippen molar-refractivity contribution in [3.63, 3.8) is 0 Å². The second-order valence-corrected chi connectivity index (χ2v) is 6.10. The first-order valence-corrected chi connectivity index (χ1v) is 8.65. The van der Waals surface area contributed by atoms with Gasteiger partial charge in [0.1, 0.15) is 11.9 Å². The Morgan fingerprint density at radius 3 is 2.42 bits per heavy atom. The molecule has 5 nitrogen and oxygen atoms in total. The van der Waals surface area contributed by atoms with Crippen molar-refractivity contribution >= 4 is 17.6 Å². The fourth-order valence-corrected chi connectivity index (χ4v) is 2.48. The van der Waals surface area contributed by atoms with E-state index in [0.29, 0.717) is 6.42 Å². The van der Waals surface area contributed by atoms with E-state index < -0.39 is 12.1 Å². The van der Waals surface area contributed by atoms with Crippen LogP contribution in [-0.4, -0.2) is 18.0 Å². The van der Waals surface area contributed by atoms with Gasteiger partial charge in [-0.15, -0.1) is 0 Å². The number of carbonyl (C=O) groups is 2. The van der Waals surface area contributed by atoms with Gasteiger partial charge in [-0.25, -0.2) is 9.18 Å². The smallest absolute Gasteiger partial charge is 0.315 e. The Bertz CT molecular complexity index is 747. The van der Waals surface area contributed by atoms with Gasteiger partial charge in [-0.3, -0.25) is 4.79 Å². The van der Waals surface area contributed by atoms with Crippen LogP contribution in [0, 0.1) is 12.7 Å². The predicted molar refractivity (Wildman–Crippen MR) is 100 cm³/mol. The summed E-state index contributed by atoms with van der Waals surface area (Å²) in [7, 11) is 0. The van der Waals surface area contributed by atoms with Crippen molar-refractivity contribution in [1.82, 2.24) is 10.6 Å².